The Morgan fingerprint density at radius 2 is 2.12 bits per heavy atom. The van der Waals surface area contributed by atoms with Crippen molar-refractivity contribution in [3.63, 3.8) is 0 Å². The highest BCUT2D eigenvalue weighted by Crippen LogP contribution is 2.37. The van der Waals surface area contributed by atoms with Gasteiger partial charge in [0.25, 0.3) is 0 Å². The van der Waals surface area contributed by atoms with E-state index in [1.807, 2.05) is 6.07 Å². The smallest absolute Gasteiger partial charge is 0.335 e. The third-order valence-electron chi connectivity index (χ3n) is 3.72. The van der Waals surface area contributed by atoms with Gasteiger partial charge in [-0.2, -0.15) is 0 Å². The number of benzene rings is 1. The Bertz CT molecular complexity index is 424. The van der Waals surface area contributed by atoms with Crippen LogP contribution in [0.2, 0.25) is 0 Å². The Morgan fingerprint density at radius 1 is 1.41 bits per heavy atom. The molecule has 92 valence electrons. The number of nitrogens with zero attached hydrogens (tertiary/aromatic N) is 1. The van der Waals surface area contributed by atoms with E-state index in [0.29, 0.717) is 11.6 Å². The van der Waals surface area contributed by atoms with Crippen LogP contribution in [0, 0.1) is 0 Å². The second-order valence-electron chi connectivity index (χ2n) is 4.45. The van der Waals surface area contributed by atoms with Gasteiger partial charge in [-0.15, -0.1) is 0 Å². The molecule has 1 aliphatic carbocycles. The Morgan fingerprint density at radius 3 is 2.71 bits per heavy atom. The molecule has 1 atom stereocenters. The zero-order chi connectivity index (χ0) is 12.4. The first-order chi connectivity index (χ1) is 8.19. The van der Waals surface area contributed by atoms with Crippen molar-refractivity contribution < 1.29 is 9.90 Å². The van der Waals surface area contributed by atoms with Crippen molar-refractivity contribution in [1.82, 2.24) is 4.90 Å². The highest BCUT2D eigenvalue weighted by molar-refractivity contribution is 5.90. The fourth-order valence-electron chi connectivity index (χ4n) is 2.88. The average molecular weight is 233 g/mol. The SMILES string of the molecule is CCN(CC)C1CCc2c(C(=O)O)cccc21. The molecule has 0 fully saturated rings. The minimum absolute atomic E-state index is 0.402. The fourth-order valence-corrected chi connectivity index (χ4v) is 2.88. The van der Waals surface area contributed by atoms with Crippen LogP contribution in [0.5, 0.6) is 0 Å². The molecule has 0 heterocycles. The van der Waals surface area contributed by atoms with E-state index in [1.54, 1.807) is 6.07 Å². The molecule has 1 aromatic carbocycles. The van der Waals surface area contributed by atoms with Gasteiger partial charge in [0.2, 0.25) is 0 Å². The first-order valence-corrected chi connectivity index (χ1v) is 6.28. The van der Waals surface area contributed by atoms with Gasteiger partial charge in [0.1, 0.15) is 0 Å². The van der Waals surface area contributed by atoms with Crippen LogP contribution in [0.4, 0.5) is 0 Å². The maximum absolute atomic E-state index is 11.2. The van der Waals surface area contributed by atoms with E-state index in [0.717, 1.165) is 31.5 Å². The average Bonchev–Trinajstić information content (AvgIpc) is 2.74. The maximum atomic E-state index is 11.2. The molecule has 0 saturated heterocycles. The second kappa shape index (κ2) is 4.88. The zero-order valence-electron chi connectivity index (χ0n) is 10.4. The summed E-state index contributed by atoms with van der Waals surface area (Å²) in [4.78, 5) is 13.6. The van der Waals surface area contributed by atoms with Crippen molar-refractivity contribution in [2.75, 3.05) is 13.1 Å². The van der Waals surface area contributed by atoms with Gasteiger partial charge in [0.15, 0.2) is 0 Å². The number of hydrogen-bond acceptors (Lipinski definition) is 2. The first-order valence-electron chi connectivity index (χ1n) is 6.28. The molecular weight excluding hydrogens is 214 g/mol. The highest BCUT2D eigenvalue weighted by Gasteiger charge is 2.29. The quantitative estimate of drug-likeness (QED) is 0.869. The molecule has 0 aliphatic heterocycles. The Labute approximate surface area is 102 Å². The van der Waals surface area contributed by atoms with Crippen LogP contribution in [-0.4, -0.2) is 29.1 Å². The van der Waals surface area contributed by atoms with Gasteiger partial charge in [-0.05, 0) is 43.1 Å². The highest BCUT2D eigenvalue weighted by atomic mass is 16.4. The van der Waals surface area contributed by atoms with Crippen LogP contribution in [0.15, 0.2) is 18.2 Å². The minimum Gasteiger partial charge on any atom is -0.478 e. The van der Waals surface area contributed by atoms with Gasteiger partial charge in [-0.25, -0.2) is 4.79 Å². The van der Waals surface area contributed by atoms with Gasteiger partial charge >= 0.3 is 5.97 Å². The normalized spacial score (nSPS) is 18.4. The number of aromatic carboxylic acids is 1. The van der Waals surface area contributed by atoms with E-state index in [9.17, 15) is 9.90 Å². The number of carboxylic acid groups (broad SMARTS) is 1. The number of fused-ring (bicyclic) bond motifs is 1. The van der Waals surface area contributed by atoms with Crippen LogP contribution in [-0.2, 0) is 6.42 Å². The summed E-state index contributed by atoms with van der Waals surface area (Å²) in [6, 6.07) is 6.06. The van der Waals surface area contributed by atoms with E-state index < -0.39 is 5.97 Å². The topological polar surface area (TPSA) is 40.5 Å². The lowest BCUT2D eigenvalue weighted by molar-refractivity contribution is 0.0696. The molecule has 0 bridgehead atoms. The number of hydrogen-bond donors (Lipinski definition) is 1. The van der Waals surface area contributed by atoms with Crippen molar-refractivity contribution in [2.24, 2.45) is 0 Å². The molecule has 3 nitrogen and oxygen atoms in total. The van der Waals surface area contributed by atoms with Crippen molar-refractivity contribution >= 4 is 5.97 Å². The maximum Gasteiger partial charge on any atom is 0.335 e. The molecule has 0 saturated carbocycles. The van der Waals surface area contributed by atoms with Crippen LogP contribution < -0.4 is 0 Å². The molecule has 3 heteroatoms. The van der Waals surface area contributed by atoms with Crippen LogP contribution in [0.25, 0.3) is 0 Å². The molecule has 1 N–H and O–H groups in total. The predicted octanol–water partition coefficient (Wildman–Crippen LogP) is 2.71. The standard InChI is InChI=1S/C14H19NO2/c1-3-15(4-2)13-9-8-10-11(13)6-5-7-12(10)14(16)17/h5-7,13H,3-4,8-9H2,1-2H3,(H,16,17). The molecule has 1 aromatic rings. The van der Waals surface area contributed by atoms with Crippen molar-refractivity contribution in [2.45, 2.75) is 32.7 Å². The van der Waals surface area contributed by atoms with E-state index in [-0.39, 0.29) is 0 Å². The Hall–Kier alpha value is -1.35. The van der Waals surface area contributed by atoms with Gasteiger partial charge in [0.05, 0.1) is 5.56 Å². The predicted molar refractivity (Wildman–Crippen MR) is 67.4 cm³/mol. The van der Waals surface area contributed by atoms with E-state index in [2.05, 4.69) is 24.8 Å². The Balaban J connectivity index is 2.39. The summed E-state index contributed by atoms with van der Waals surface area (Å²) in [5.74, 6) is -0.804. The summed E-state index contributed by atoms with van der Waals surface area (Å²) in [7, 11) is 0. The molecule has 0 radical (unpaired) electrons. The molecule has 2 rings (SSSR count). The largest absolute Gasteiger partial charge is 0.478 e. The van der Waals surface area contributed by atoms with Crippen LogP contribution in [0.3, 0.4) is 0 Å². The van der Waals surface area contributed by atoms with Gasteiger partial charge in [-0.3, -0.25) is 4.90 Å². The zero-order valence-corrected chi connectivity index (χ0v) is 10.4. The van der Waals surface area contributed by atoms with Gasteiger partial charge in [-0.1, -0.05) is 26.0 Å². The summed E-state index contributed by atoms with van der Waals surface area (Å²) in [5.41, 5.74) is 2.74. The molecule has 1 unspecified atom stereocenters. The monoisotopic (exact) mass is 233 g/mol. The van der Waals surface area contributed by atoms with Crippen molar-refractivity contribution in [1.29, 1.82) is 0 Å². The Kier molecular flexibility index (Phi) is 3.48. The lowest BCUT2D eigenvalue weighted by atomic mass is 10.0. The summed E-state index contributed by atoms with van der Waals surface area (Å²) in [6.45, 7) is 6.33. The molecular formula is C14H19NO2. The lowest BCUT2D eigenvalue weighted by Crippen LogP contribution is -2.26. The molecule has 17 heavy (non-hydrogen) atoms. The van der Waals surface area contributed by atoms with Crippen LogP contribution in [0.1, 0.15) is 47.8 Å². The van der Waals surface area contributed by atoms with Crippen molar-refractivity contribution in [3.8, 4) is 0 Å². The third-order valence-corrected chi connectivity index (χ3v) is 3.72. The summed E-state index contributed by atoms with van der Waals surface area (Å²) in [6.07, 6.45) is 1.93. The minimum atomic E-state index is -0.804. The third kappa shape index (κ3) is 2.07. The summed E-state index contributed by atoms with van der Waals surface area (Å²) in [5, 5.41) is 9.17. The molecule has 1 aliphatic rings. The van der Waals surface area contributed by atoms with E-state index in [4.69, 9.17) is 0 Å². The molecule has 0 amide bonds. The molecule has 0 spiro atoms. The number of carboxylic acids is 1. The number of carbonyl (C=O) groups is 1. The van der Waals surface area contributed by atoms with Crippen molar-refractivity contribution in [3.05, 3.63) is 34.9 Å². The fraction of sp³-hybridized carbons (Fsp3) is 0.500. The first kappa shape index (κ1) is 12.1. The van der Waals surface area contributed by atoms with E-state index in [1.165, 1.54) is 5.56 Å². The van der Waals surface area contributed by atoms with Crippen LogP contribution >= 0.6 is 0 Å². The van der Waals surface area contributed by atoms with Gasteiger partial charge in [0, 0.05) is 6.04 Å². The van der Waals surface area contributed by atoms with Gasteiger partial charge < -0.3 is 5.11 Å². The van der Waals surface area contributed by atoms with E-state index >= 15 is 0 Å². The second-order valence-corrected chi connectivity index (χ2v) is 4.45. The summed E-state index contributed by atoms with van der Waals surface area (Å²) < 4.78 is 0. The summed E-state index contributed by atoms with van der Waals surface area (Å²) >= 11 is 0. The number of rotatable bonds is 4. The molecule has 0 aromatic heterocycles. The lowest BCUT2D eigenvalue weighted by Gasteiger charge is -2.26.